The highest BCUT2D eigenvalue weighted by molar-refractivity contribution is 5.92. The molecule has 0 fully saturated rings. The molecule has 0 aliphatic rings. The van der Waals surface area contributed by atoms with Crippen molar-refractivity contribution in [1.82, 2.24) is 5.32 Å². The molecule has 0 spiro atoms. The zero-order valence-electron chi connectivity index (χ0n) is 12.9. The molecule has 0 bridgehead atoms. The van der Waals surface area contributed by atoms with E-state index in [1.807, 2.05) is 13.8 Å². The van der Waals surface area contributed by atoms with E-state index in [2.05, 4.69) is 10.6 Å². The number of carbonyl (C=O) groups is 2. The fraction of sp³-hybridized carbons (Fsp3) is 0.467. The van der Waals surface area contributed by atoms with Crippen LogP contribution in [0.1, 0.15) is 27.2 Å². The molecule has 1 aromatic rings. The lowest BCUT2D eigenvalue weighted by Gasteiger charge is -2.19. The number of esters is 1. The van der Waals surface area contributed by atoms with Crippen LogP contribution in [0.25, 0.3) is 0 Å². The zero-order chi connectivity index (χ0) is 16.7. The summed E-state index contributed by atoms with van der Waals surface area (Å²) in [6.45, 7) is 5.74. The van der Waals surface area contributed by atoms with Gasteiger partial charge in [0.2, 0.25) is 0 Å². The standard InChI is InChI=1S/C15H21FN2O4/c1-4-22-14(20)12(7-9(2)3)18-15(21)17-10-5-6-13(19)11(16)8-10/h5-6,8-9,12,19H,4,7H2,1-3H3,(H2,17,18,21). The van der Waals surface area contributed by atoms with Crippen LogP contribution in [0.2, 0.25) is 0 Å². The molecule has 7 heteroatoms. The minimum atomic E-state index is -0.845. The van der Waals surface area contributed by atoms with Crippen molar-refractivity contribution in [2.45, 2.75) is 33.2 Å². The molecule has 122 valence electrons. The number of benzene rings is 1. The Hall–Kier alpha value is -2.31. The van der Waals surface area contributed by atoms with Crippen LogP contribution < -0.4 is 10.6 Å². The van der Waals surface area contributed by atoms with Gasteiger partial charge in [-0.2, -0.15) is 0 Å². The van der Waals surface area contributed by atoms with Crippen LogP contribution in [0.4, 0.5) is 14.9 Å². The average molecular weight is 312 g/mol. The van der Waals surface area contributed by atoms with E-state index in [1.165, 1.54) is 6.07 Å². The molecule has 0 heterocycles. The summed E-state index contributed by atoms with van der Waals surface area (Å²) in [7, 11) is 0. The smallest absolute Gasteiger partial charge is 0.328 e. The Morgan fingerprint density at radius 1 is 1.36 bits per heavy atom. The van der Waals surface area contributed by atoms with Crippen LogP contribution in [0, 0.1) is 11.7 Å². The van der Waals surface area contributed by atoms with Crippen molar-refractivity contribution in [3.05, 3.63) is 24.0 Å². The van der Waals surface area contributed by atoms with Gasteiger partial charge in [0, 0.05) is 11.8 Å². The minimum Gasteiger partial charge on any atom is -0.505 e. The molecular formula is C15H21FN2O4. The van der Waals surface area contributed by atoms with Crippen LogP contribution in [0.5, 0.6) is 5.75 Å². The molecule has 1 aromatic carbocycles. The van der Waals surface area contributed by atoms with Crippen LogP contribution in [0.3, 0.4) is 0 Å². The van der Waals surface area contributed by atoms with Gasteiger partial charge >= 0.3 is 12.0 Å². The second-order valence-corrected chi connectivity index (χ2v) is 5.20. The van der Waals surface area contributed by atoms with Crippen molar-refractivity contribution in [2.24, 2.45) is 5.92 Å². The summed E-state index contributed by atoms with van der Waals surface area (Å²) in [5.74, 6) is -1.68. The van der Waals surface area contributed by atoms with E-state index in [4.69, 9.17) is 9.84 Å². The van der Waals surface area contributed by atoms with Crippen molar-refractivity contribution in [2.75, 3.05) is 11.9 Å². The molecule has 2 amide bonds. The number of amides is 2. The number of urea groups is 1. The summed E-state index contributed by atoms with van der Waals surface area (Å²) < 4.78 is 18.1. The Morgan fingerprint density at radius 3 is 2.59 bits per heavy atom. The fourth-order valence-corrected chi connectivity index (χ4v) is 1.84. The van der Waals surface area contributed by atoms with Gasteiger partial charge in [-0.1, -0.05) is 13.8 Å². The highest BCUT2D eigenvalue weighted by atomic mass is 19.1. The molecular weight excluding hydrogens is 291 g/mol. The predicted octanol–water partition coefficient (Wildman–Crippen LogP) is 2.63. The molecule has 1 rings (SSSR count). The van der Waals surface area contributed by atoms with Crippen LogP contribution >= 0.6 is 0 Å². The number of carbonyl (C=O) groups excluding carboxylic acids is 2. The summed E-state index contributed by atoms with van der Waals surface area (Å²) in [5.41, 5.74) is 0.167. The van der Waals surface area contributed by atoms with Crippen LogP contribution in [-0.4, -0.2) is 29.8 Å². The summed E-state index contributed by atoms with van der Waals surface area (Å²) in [6, 6.07) is 2.03. The fourth-order valence-electron chi connectivity index (χ4n) is 1.84. The highest BCUT2D eigenvalue weighted by Crippen LogP contribution is 2.19. The Bertz CT molecular complexity index is 534. The molecule has 0 aliphatic carbocycles. The summed E-state index contributed by atoms with van der Waals surface area (Å²) in [4.78, 5) is 23.7. The van der Waals surface area contributed by atoms with Crippen LogP contribution in [0.15, 0.2) is 18.2 Å². The Labute approximate surface area is 128 Å². The van der Waals surface area contributed by atoms with Gasteiger partial charge in [0.25, 0.3) is 0 Å². The van der Waals surface area contributed by atoms with Crippen molar-refractivity contribution in [3.8, 4) is 5.75 Å². The van der Waals surface area contributed by atoms with Crippen molar-refractivity contribution in [3.63, 3.8) is 0 Å². The quantitative estimate of drug-likeness (QED) is 0.556. The van der Waals surface area contributed by atoms with Gasteiger partial charge in [-0.3, -0.25) is 0 Å². The largest absolute Gasteiger partial charge is 0.505 e. The predicted molar refractivity (Wildman–Crippen MR) is 80.1 cm³/mol. The number of hydrogen-bond acceptors (Lipinski definition) is 4. The molecule has 1 atom stereocenters. The normalized spacial score (nSPS) is 11.9. The first-order valence-electron chi connectivity index (χ1n) is 7.06. The van der Waals surface area contributed by atoms with Gasteiger partial charge in [0.1, 0.15) is 6.04 Å². The Kier molecular flexibility index (Phi) is 6.62. The van der Waals surface area contributed by atoms with Gasteiger partial charge in [0.15, 0.2) is 11.6 Å². The summed E-state index contributed by atoms with van der Waals surface area (Å²) in [5, 5.41) is 14.0. The lowest BCUT2D eigenvalue weighted by Crippen LogP contribution is -2.44. The first-order valence-corrected chi connectivity index (χ1v) is 7.06. The van der Waals surface area contributed by atoms with Gasteiger partial charge in [-0.25, -0.2) is 14.0 Å². The number of aromatic hydroxyl groups is 1. The number of ether oxygens (including phenoxy) is 1. The molecule has 0 saturated heterocycles. The van der Waals surface area contributed by atoms with E-state index in [-0.39, 0.29) is 18.2 Å². The summed E-state index contributed by atoms with van der Waals surface area (Å²) in [6.07, 6.45) is 0.427. The van der Waals surface area contributed by atoms with Crippen molar-refractivity contribution < 1.29 is 23.8 Å². The molecule has 6 nitrogen and oxygen atoms in total. The van der Waals surface area contributed by atoms with E-state index in [9.17, 15) is 14.0 Å². The molecule has 3 N–H and O–H groups in total. The van der Waals surface area contributed by atoms with Crippen molar-refractivity contribution in [1.29, 1.82) is 0 Å². The molecule has 0 radical (unpaired) electrons. The SMILES string of the molecule is CCOC(=O)C(CC(C)C)NC(=O)Nc1ccc(O)c(F)c1. The number of halogens is 1. The van der Waals surface area contributed by atoms with E-state index in [0.717, 1.165) is 12.1 Å². The van der Waals surface area contributed by atoms with E-state index in [1.54, 1.807) is 6.92 Å². The third kappa shape index (κ3) is 5.59. The van der Waals surface area contributed by atoms with Crippen molar-refractivity contribution >= 4 is 17.7 Å². The molecule has 0 saturated carbocycles. The number of hydrogen-bond donors (Lipinski definition) is 3. The highest BCUT2D eigenvalue weighted by Gasteiger charge is 2.23. The zero-order valence-corrected chi connectivity index (χ0v) is 12.9. The van der Waals surface area contributed by atoms with Crippen LogP contribution in [-0.2, 0) is 9.53 Å². The number of nitrogens with one attached hydrogen (secondary N) is 2. The molecule has 0 aliphatic heterocycles. The first-order chi connectivity index (χ1) is 10.3. The topological polar surface area (TPSA) is 87.7 Å². The number of anilines is 1. The summed E-state index contributed by atoms with van der Waals surface area (Å²) >= 11 is 0. The van der Waals surface area contributed by atoms with Gasteiger partial charge in [-0.05, 0) is 31.4 Å². The Balaban J connectivity index is 2.69. The lowest BCUT2D eigenvalue weighted by atomic mass is 10.0. The molecule has 22 heavy (non-hydrogen) atoms. The maximum absolute atomic E-state index is 13.2. The lowest BCUT2D eigenvalue weighted by molar-refractivity contribution is -0.145. The second kappa shape index (κ2) is 8.21. The van der Waals surface area contributed by atoms with E-state index < -0.39 is 29.6 Å². The maximum Gasteiger partial charge on any atom is 0.328 e. The van der Waals surface area contributed by atoms with Gasteiger partial charge < -0.3 is 20.5 Å². The van der Waals surface area contributed by atoms with E-state index >= 15 is 0 Å². The first kappa shape index (κ1) is 17.7. The number of rotatable bonds is 6. The minimum absolute atomic E-state index is 0.167. The number of phenolic OH excluding ortho intramolecular Hbond substituents is 1. The van der Waals surface area contributed by atoms with E-state index in [0.29, 0.717) is 6.42 Å². The third-order valence-electron chi connectivity index (χ3n) is 2.79. The number of phenols is 1. The maximum atomic E-state index is 13.2. The second-order valence-electron chi connectivity index (χ2n) is 5.20. The Morgan fingerprint density at radius 2 is 2.05 bits per heavy atom. The van der Waals surface area contributed by atoms with Gasteiger partial charge in [-0.15, -0.1) is 0 Å². The average Bonchev–Trinajstić information content (AvgIpc) is 2.42. The molecule has 1 unspecified atom stereocenters. The van der Waals surface area contributed by atoms with Gasteiger partial charge in [0.05, 0.1) is 6.61 Å². The monoisotopic (exact) mass is 312 g/mol. The third-order valence-corrected chi connectivity index (χ3v) is 2.79. The molecule has 0 aromatic heterocycles.